The van der Waals surface area contributed by atoms with Gasteiger partial charge in [-0.05, 0) is 36.4 Å². The molecule has 0 radical (unpaired) electrons. The van der Waals surface area contributed by atoms with Crippen molar-refractivity contribution in [1.29, 1.82) is 0 Å². The number of aromatic amines is 1. The van der Waals surface area contributed by atoms with Gasteiger partial charge in [-0.1, -0.05) is 21.1 Å². The van der Waals surface area contributed by atoms with Gasteiger partial charge in [0.1, 0.15) is 5.56 Å². The summed E-state index contributed by atoms with van der Waals surface area (Å²) in [5, 5.41) is 3.82. The van der Waals surface area contributed by atoms with Crippen LogP contribution in [0.15, 0.2) is 56.4 Å². The summed E-state index contributed by atoms with van der Waals surface area (Å²) < 4.78 is 11.0. The zero-order chi connectivity index (χ0) is 16.2. The lowest BCUT2D eigenvalue weighted by atomic mass is 10.2. The number of nitrogens with zero attached hydrogens (tertiary/aromatic N) is 2. The van der Waals surface area contributed by atoms with E-state index in [1.165, 1.54) is 18.3 Å². The van der Waals surface area contributed by atoms with Gasteiger partial charge in [0, 0.05) is 16.2 Å². The molecule has 3 rings (SSSR count). The number of H-pyrrole nitrogens is 1. The molecule has 0 spiro atoms. The number of carbonyl (C=O) groups is 1. The molecule has 0 amide bonds. The van der Waals surface area contributed by atoms with Crippen LogP contribution >= 0.6 is 15.9 Å². The highest BCUT2D eigenvalue weighted by Crippen LogP contribution is 2.19. The molecule has 0 saturated heterocycles. The van der Waals surface area contributed by atoms with E-state index in [0.717, 1.165) is 10.0 Å². The molecular formula is C15H10BrN3O4. The molecule has 0 unspecified atom stereocenters. The van der Waals surface area contributed by atoms with Gasteiger partial charge in [-0.3, -0.25) is 4.79 Å². The number of hydrogen-bond donors (Lipinski definition) is 1. The van der Waals surface area contributed by atoms with Crippen LogP contribution in [0.2, 0.25) is 0 Å². The van der Waals surface area contributed by atoms with Gasteiger partial charge in [-0.25, -0.2) is 4.79 Å². The monoisotopic (exact) mass is 375 g/mol. The van der Waals surface area contributed by atoms with E-state index < -0.39 is 11.5 Å². The molecule has 0 bridgehead atoms. The van der Waals surface area contributed by atoms with Crippen LogP contribution in [0.3, 0.4) is 0 Å². The van der Waals surface area contributed by atoms with Gasteiger partial charge in [0.25, 0.3) is 11.4 Å². The topological polar surface area (TPSA) is 98.1 Å². The van der Waals surface area contributed by atoms with Crippen LogP contribution in [-0.4, -0.2) is 21.1 Å². The first-order valence-corrected chi connectivity index (χ1v) is 7.36. The Kier molecular flexibility index (Phi) is 4.33. The predicted molar refractivity (Wildman–Crippen MR) is 83.6 cm³/mol. The van der Waals surface area contributed by atoms with Crippen LogP contribution in [0.4, 0.5) is 0 Å². The van der Waals surface area contributed by atoms with E-state index in [1.54, 1.807) is 0 Å². The largest absolute Gasteiger partial charge is 0.452 e. The number of hydrogen-bond acceptors (Lipinski definition) is 6. The van der Waals surface area contributed by atoms with E-state index in [4.69, 9.17) is 9.26 Å². The van der Waals surface area contributed by atoms with Crippen LogP contribution in [0, 0.1) is 0 Å². The molecule has 8 heteroatoms. The van der Waals surface area contributed by atoms with Crippen molar-refractivity contribution in [3.8, 4) is 11.4 Å². The highest BCUT2D eigenvalue weighted by molar-refractivity contribution is 9.10. The van der Waals surface area contributed by atoms with E-state index >= 15 is 0 Å². The second-order valence-corrected chi connectivity index (χ2v) is 5.42. The number of benzene rings is 1. The van der Waals surface area contributed by atoms with Crippen molar-refractivity contribution < 1.29 is 14.1 Å². The van der Waals surface area contributed by atoms with Crippen LogP contribution in [0.25, 0.3) is 11.4 Å². The number of carbonyl (C=O) groups excluding carboxylic acids is 1. The minimum Gasteiger partial charge on any atom is -0.452 e. The van der Waals surface area contributed by atoms with E-state index in [0.29, 0.717) is 5.82 Å². The molecule has 1 aromatic carbocycles. The molecule has 2 aromatic heterocycles. The molecule has 3 aromatic rings. The van der Waals surface area contributed by atoms with E-state index in [9.17, 15) is 9.59 Å². The minimum atomic E-state index is -0.754. The summed E-state index contributed by atoms with van der Waals surface area (Å²) in [6, 6.07) is 10.3. The number of esters is 1. The van der Waals surface area contributed by atoms with Gasteiger partial charge in [0.2, 0.25) is 5.82 Å². The molecule has 1 N–H and O–H groups in total. The smallest absolute Gasteiger partial charge is 0.344 e. The Morgan fingerprint density at radius 3 is 2.78 bits per heavy atom. The Morgan fingerprint density at radius 1 is 1.26 bits per heavy atom. The third-order valence-corrected chi connectivity index (χ3v) is 3.46. The van der Waals surface area contributed by atoms with Gasteiger partial charge < -0.3 is 14.2 Å². The Hall–Kier alpha value is -2.74. The summed E-state index contributed by atoms with van der Waals surface area (Å²) >= 11 is 3.34. The summed E-state index contributed by atoms with van der Waals surface area (Å²) in [5.74, 6) is -0.222. The average Bonchev–Trinajstić information content (AvgIpc) is 3.03. The predicted octanol–water partition coefficient (Wildman–Crippen LogP) is 2.54. The minimum absolute atomic E-state index is 0.0832. The summed E-state index contributed by atoms with van der Waals surface area (Å²) in [6.07, 6.45) is 1.43. The number of rotatable bonds is 4. The molecule has 116 valence electrons. The maximum Gasteiger partial charge on any atom is 0.344 e. The third-order valence-electron chi connectivity index (χ3n) is 2.94. The maximum absolute atomic E-state index is 11.8. The van der Waals surface area contributed by atoms with Crippen molar-refractivity contribution in [2.24, 2.45) is 0 Å². The molecule has 2 heterocycles. The molecule has 0 saturated carbocycles. The zero-order valence-electron chi connectivity index (χ0n) is 11.7. The molecular weight excluding hydrogens is 366 g/mol. The fraction of sp³-hybridized carbons (Fsp3) is 0.0667. The van der Waals surface area contributed by atoms with E-state index in [1.807, 2.05) is 24.3 Å². The van der Waals surface area contributed by atoms with Crippen molar-refractivity contribution in [2.75, 3.05) is 0 Å². The highest BCUT2D eigenvalue weighted by Gasteiger charge is 2.14. The standard InChI is InChI=1S/C15H10BrN3O4/c16-10-5-3-9(4-6-10)13-18-12(23-19-13)8-22-15(21)11-2-1-7-17-14(11)20/h1-7H,8H2,(H,17,20). The van der Waals surface area contributed by atoms with Crippen molar-refractivity contribution in [3.63, 3.8) is 0 Å². The number of aromatic nitrogens is 3. The Balaban J connectivity index is 1.68. The van der Waals surface area contributed by atoms with Gasteiger partial charge in [-0.15, -0.1) is 0 Å². The fourth-order valence-corrected chi connectivity index (χ4v) is 2.08. The van der Waals surface area contributed by atoms with Crippen molar-refractivity contribution in [1.82, 2.24) is 15.1 Å². The molecule has 0 atom stereocenters. The first kappa shape index (κ1) is 15.2. The molecule has 7 nitrogen and oxygen atoms in total. The van der Waals surface area contributed by atoms with Crippen molar-refractivity contribution in [2.45, 2.75) is 6.61 Å². The Labute approximate surface area is 138 Å². The van der Waals surface area contributed by atoms with Gasteiger partial charge in [0.05, 0.1) is 0 Å². The first-order valence-electron chi connectivity index (χ1n) is 6.57. The molecule has 0 fully saturated rings. The van der Waals surface area contributed by atoms with Crippen LogP contribution in [0.5, 0.6) is 0 Å². The lowest BCUT2D eigenvalue weighted by molar-refractivity contribution is 0.0427. The zero-order valence-corrected chi connectivity index (χ0v) is 13.2. The number of halogens is 1. The molecule has 0 aliphatic heterocycles. The summed E-state index contributed by atoms with van der Waals surface area (Å²) in [5.41, 5.74) is 0.174. The van der Waals surface area contributed by atoms with Gasteiger partial charge >= 0.3 is 5.97 Å². The van der Waals surface area contributed by atoms with Crippen molar-refractivity contribution >= 4 is 21.9 Å². The van der Waals surface area contributed by atoms with Crippen LogP contribution < -0.4 is 5.56 Å². The van der Waals surface area contributed by atoms with Crippen LogP contribution in [-0.2, 0) is 11.3 Å². The normalized spacial score (nSPS) is 10.5. The quantitative estimate of drug-likeness (QED) is 0.703. The second kappa shape index (κ2) is 6.57. The second-order valence-electron chi connectivity index (χ2n) is 4.51. The maximum atomic E-state index is 11.8. The summed E-state index contributed by atoms with van der Waals surface area (Å²) in [4.78, 5) is 29.8. The highest BCUT2D eigenvalue weighted by atomic mass is 79.9. The van der Waals surface area contributed by atoms with Crippen molar-refractivity contribution in [3.05, 3.63) is 68.9 Å². The fourth-order valence-electron chi connectivity index (χ4n) is 1.82. The first-order chi connectivity index (χ1) is 11.1. The van der Waals surface area contributed by atoms with E-state index in [2.05, 4.69) is 31.1 Å². The number of pyridine rings is 1. The lowest BCUT2D eigenvalue weighted by Gasteiger charge is -2.00. The summed E-state index contributed by atoms with van der Waals surface area (Å²) in [6.45, 7) is -0.212. The molecule has 0 aliphatic carbocycles. The number of nitrogens with one attached hydrogen (secondary N) is 1. The third kappa shape index (κ3) is 3.54. The summed E-state index contributed by atoms with van der Waals surface area (Å²) in [7, 11) is 0. The molecule has 0 aliphatic rings. The molecule has 23 heavy (non-hydrogen) atoms. The van der Waals surface area contributed by atoms with Gasteiger partial charge in [0.15, 0.2) is 6.61 Å². The lowest BCUT2D eigenvalue weighted by Crippen LogP contribution is -2.18. The average molecular weight is 376 g/mol. The van der Waals surface area contributed by atoms with E-state index in [-0.39, 0.29) is 18.1 Å². The SMILES string of the molecule is O=C(OCc1nc(-c2ccc(Br)cc2)no1)c1ccc[nH]c1=O. The van der Waals surface area contributed by atoms with Gasteiger partial charge in [-0.2, -0.15) is 4.98 Å². The van der Waals surface area contributed by atoms with Crippen LogP contribution in [0.1, 0.15) is 16.2 Å². The number of ether oxygens (including phenoxy) is 1. The Bertz CT molecular complexity index is 886. The Morgan fingerprint density at radius 2 is 2.04 bits per heavy atom.